The van der Waals surface area contributed by atoms with Gasteiger partial charge in [0, 0.05) is 25.2 Å². The average Bonchev–Trinajstić information content (AvgIpc) is 2.85. The number of aryl methyl sites for hydroxylation is 3. The fourth-order valence-corrected chi connectivity index (χ4v) is 4.50. The molecule has 0 radical (unpaired) electrons. The maximum Gasteiger partial charge on any atom is 0.241 e. The van der Waals surface area contributed by atoms with Gasteiger partial charge < -0.3 is 9.30 Å². The Bertz CT molecular complexity index is 827. The molecule has 6 nitrogen and oxygen atoms in total. The molecule has 3 rings (SSSR count). The van der Waals surface area contributed by atoms with Crippen molar-refractivity contribution in [3.05, 3.63) is 41.5 Å². The number of ether oxygens (including phenoxy) is 1. The lowest BCUT2D eigenvalue weighted by Crippen LogP contribution is -2.41. The first-order valence-corrected chi connectivity index (χ1v) is 9.07. The van der Waals surface area contributed by atoms with Crippen LogP contribution in [0.4, 0.5) is 0 Å². The van der Waals surface area contributed by atoms with E-state index < -0.39 is 10.0 Å². The molecule has 23 heavy (non-hydrogen) atoms. The van der Waals surface area contributed by atoms with Crippen molar-refractivity contribution in [1.29, 1.82) is 0 Å². The molecular weight excluding hydrogens is 314 g/mol. The van der Waals surface area contributed by atoms with Gasteiger partial charge in [0.2, 0.25) is 10.0 Å². The summed E-state index contributed by atoms with van der Waals surface area (Å²) in [6.07, 6.45) is 3.50. The molecule has 1 N–H and O–H groups in total. The predicted molar refractivity (Wildman–Crippen MR) is 87.1 cm³/mol. The fourth-order valence-electron chi connectivity index (χ4n) is 3.02. The summed E-state index contributed by atoms with van der Waals surface area (Å²) in [5.74, 6) is 1.68. The quantitative estimate of drug-likeness (QED) is 0.925. The Kier molecular flexibility index (Phi) is 4.16. The number of nitrogens with one attached hydrogen (secondary N) is 1. The lowest BCUT2D eigenvalue weighted by molar-refractivity contribution is 0.413. The van der Waals surface area contributed by atoms with Crippen LogP contribution in [0.1, 0.15) is 23.5 Å². The van der Waals surface area contributed by atoms with Crippen molar-refractivity contribution in [1.82, 2.24) is 14.3 Å². The van der Waals surface area contributed by atoms with E-state index >= 15 is 0 Å². The van der Waals surface area contributed by atoms with Crippen molar-refractivity contribution < 1.29 is 13.2 Å². The van der Waals surface area contributed by atoms with Crippen molar-refractivity contribution in [3.63, 3.8) is 0 Å². The maximum atomic E-state index is 12.7. The second-order valence-electron chi connectivity index (χ2n) is 5.94. The van der Waals surface area contributed by atoms with E-state index in [1.165, 1.54) is 0 Å². The zero-order valence-electron chi connectivity index (χ0n) is 13.5. The molecule has 0 fully saturated rings. The van der Waals surface area contributed by atoms with Crippen LogP contribution in [-0.2, 0) is 23.0 Å². The van der Waals surface area contributed by atoms with E-state index in [1.807, 2.05) is 17.7 Å². The minimum Gasteiger partial charge on any atom is -0.497 e. The third-order valence-corrected chi connectivity index (χ3v) is 5.79. The number of imidazole rings is 1. The number of rotatable bonds is 4. The molecule has 1 aliphatic rings. The Balaban J connectivity index is 1.79. The highest BCUT2D eigenvalue weighted by Gasteiger charge is 2.26. The second-order valence-corrected chi connectivity index (χ2v) is 7.62. The third-order valence-electron chi connectivity index (χ3n) is 4.11. The monoisotopic (exact) mass is 335 g/mol. The summed E-state index contributed by atoms with van der Waals surface area (Å²) in [6, 6.07) is 4.86. The van der Waals surface area contributed by atoms with Crippen molar-refractivity contribution in [2.75, 3.05) is 7.11 Å². The Morgan fingerprint density at radius 3 is 2.83 bits per heavy atom. The third kappa shape index (κ3) is 3.25. The molecule has 1 unspecified atom stereocenters. The van der Waals surface area contributed by atoms with Crippen molar-refractivity contribution in [2.24, 2.45) is 0 Å². The molecule has 0 bridgehead atoms. The van der Waals surface area contributed by atoms with Crippen LogP contribution in [0.5, 0.6) is 5.75 Å². The molecule has 2 aromatic rings. The van der Waals surface area contributed by atoms with Gasteiger partial charge in [0.25, 0.3) is 0 Å². The molecule has 0 saturated heterocycles. The summed E-state index contributed by atoms with van der Waals surface area (Å²) in [7, 11) is -1.99. The number of hydrogen-bond donors (Lipinski definition) is 1. The highest BCUT2D eigenvalue weighted by molar-refractivity contribution is 7.89. The van der Waals surface area contributed by atoms with Gasteiger partial charge in [-0.2, -0.15) is 0 Å². The van der Waals surface area contributed by atoms with Gasteiger partial charge in [0.1, 0.15) is 11.6 Å². The summed E-state index contributed by atoms with van der Waals surface area (Å²) in [5, 5.41) is 0. The molecule has 124 valence electrons. The Hall–Kier alpha value is -1.86. The number of methoxy groups -OCH3 is 1. The van der Waals surface area contributed by atoms with Gasteiger partial charge in [-0.1, -0.05) is 0 Å². The lowest BCUT2D eigenvalue weighted by atomic mass is 10.1. The number of nitrogens with zero attached hydrogens (tertiary/aromatic N) is 2. The van der Waals surface area contributed by atoms with Crippen molar-refractivity contribution in [3.8, 4) is 5.75 Å². The molecule has 0 spiro atoms. The number of fused-ring (bicyclic) bond motifs is 1. The normalized spacial score (nSPS) is 17.8. The number of hydrogen-bond acceptors (Lipinski definition) is 4. The van der Waals surface area contributed by atoms with Gasteiger partial charge >= 0.3 is 0 Å². The second kappa shape index (κ2) is 5.98. The van der Waals surface area contributed by atoms with Crippen LogP contribution in [0.2, 0.25) is 0 Å². The molecule has 1 aromatic carbocycles. The SMILES string of the molecule is COc1ccc(S(=O)(=O)NC2CCc3nc(C)cn3C2)c(C)c1. The Morgan fingerprint density at radius 1 is 1.35 bits per heavy atom. The summed E-state index contributed by atoms with van der Waals surface area (Å²) >= 11 is 0. The van der Waals surface area contributed by atoms with Crippen LogP contribution in [0.25, 0.3) is 0 Å². The molecule has 1 aromatic heterocycles. The van der Waals surface area contributed by atoms with Gasteiger partial charge in [-0.3, -0.25) is 0 Å². The van der Waals surface area contributed by atoms with Gasteiger partial charge in [-0.25, -0.2) is 18.1 Å². The van der Waals surface area contributed by atoms with Gasteiger partial charge in [0.15, 0.2) is 0 Å². The molecular formula is C16H21N3O3S. The molecule has 0 saturated carbocycles. The summed E-state index contributed by atoms with van der Waals surface area (Å²) < 4.78 is 35.3. The van der Waals surface area contributed by atoms with E-state index in [-0.39, 0.29) is 6.04 Å². The van der Waals surface area contributed by atoms with Crippen LogP contribution >= 0.6 is 0 Å². The Morgan fingerprint density at radius 2 is 2.13 bits per heavy atom. The van der Waals surface area contributed by atoms with Crippen LogP contribution in [-0.4, -0.2) is 31.1 Å². The van der Waals surface area contributed by atoms with Crippen molar-refractivity contribution in [2.45, 2.75) is 44.2 Å². The topological polar surface area (TPSA) is 73.2 Å². The van der Waals surface area contributed by atoms with E-state index in [0.29, 0.717) is 22.8 Å². The van der Waals surface area contributed by atoms with Gasteiger partial charge in [-0.05, 0) is 44.0 Å². The first-order valence-electron chi connectivity index (χ1n) is 7.58. The van der Waals surface area contributed by atoms with Gasteiger partial charge in [0.05, 0.1) is 17.7 Å². The highest BCUT2D eigenvalue weighted by Crippen LogP contribution is 2.22. The van der Waals surface area contributed by atoms with E-state index in [0.717, 1.165) is 24.4 Å². The summed E-state index contributed by atoms with van der Waals surface area (Å²) in [5.41, 5.74) is 1.64. The standard InChI is InChI=1S/C16H21N3O3S/c1-11-8-14(22-3)5-6-15(11)23(20,21)18-13-4-7-16-17-12(2)9-19(16)10-13/h5-6,8-9,13,18H,4,7,10H2,1-3H3. The van der Waals surface area contributed by atoms with Crippen LogP contribution in [0, 0.1) is 13.8 Å². The highest BCUT2D eigenvalue weighted by atomic mass is 32.2. The lowest BCUT2D eigenvalue weighted by Gasteiger charge is -2.25. The minimum absolute atomic E-state index is 0.123. The van der Waals surface area contributed by atoms with Crippen molar-refractivity contribution >= 4 is 10.0 Å². The van der Waals surface area contributed by atoms with Gasteiger partial charge in [-0.15, -0.1) is 0 Å². The zero-order valence-corrected chi connectivity index (χ0v) is 14.4. The molecule has 2 heterocycles. The van der Waals surface area contributed by atoms with E-state index in [9.17, 15) is 8.42 Å². The smallest absolute Gasteiger partial charge is 0.241 e. The zero-order chi connectivity index (χ0) is 16.6. The first kappa shape index (κ1) is 16.0. The number of benzene rings is 1. The maximum absolute atomic E-state index is 12.7. The van der Waals surface area contributed by atoms with E-state index in [1.54, 1.807) is 32.2 Å². The van der Waals surface area contributed by atoms with Crippen LogP contribution in [0.3, 0.4) is 0 Å². The average molecular weight is 335 g/mol. The molecule has 0 amide bonds. The summed E-state index contributed by atoms with van der Waals surface area (Å²) in [4.78, 5) is 4.74. The van der Waals surface area contributed by atoms with Crippen LogP contribution in [0.15, 0.2) is 29.3 Å². The van der Waals surface area contributed by atoms with E-state index in [2.05, 4.69) is 9.71 Å². The number of aromatic nitrogens is 2. The van der Waals surface area contributed by atoms with E-state index in [4.69, 9.17) is 4.74 Å². The molecule has 0 aliphatic carbocycles. The molecule has 1 atom stereocenters. The first-order chi connectivity index (χ1) is 10.9. The minimum atomic E-state index is -3.55. The fraction of sp³-hybridized carbons (Fsp3) is 0.438. The number of sulfonamides is 1. The molecule has 7 heteroatoms. The largest absolute Gasteiger partial charge is 0.497 e. The Labute approximate surface area is 136 Å². The summed E-state index contributed by atoms with van der Waals surface area (Å²) in [6.45, 7) is 4.34. The molecule has 1 aliphatic heterocycles. The van der Waals surface area contributed by atoms with Crippen LogP contribution < -0.4 is 9.46 Å². The predicted octanol–water partition coefficient (Wildman–Crippen LogP) is 1.80.